The van der Waals surface area contributed by atoms with Crippen molar-refractivity contribution in [3.05, 3.63) is 23.0 Å². The number of aromatic nitrogens is 1. The Kier molecular flexibility index (Phi) is 4.78. The van der Waals surface area contributed by atoms with Crippen molar-refractivity contribution in [1.29, 1.82) is 0 Å². The van der Waals surface area contributed by atoms with Crippen LogP contribution in [-0.4, -0.2) is 39.5 Å². The highest BCUT2D eigenvalue weighted by molar-refractivity contribution is 6.31. The SMILES string of the molecule is CC(C)CN(CC(=O)O)C(=O)c1cc(Cl)cn1C. The largest absolute Gasteiger partial charge is 0.480 e. The summed E-state index contributed by atoms with van der Waals surface area (Å²) in [7, 11) is 1.70. The summed E-state index contributed by atoms with van der Waals surface area (Å²) in [5, 5.41) is 9.30. The highest BCUT2D eigenvalue weighted by atomic mass is 35.5. The van der Waals surface area contributed by atoms with Crippen molar-refractivity contribution in [2.45, 2.75) is 13.8 Å². The van der Waals surface area contributed by atoms with E-state index >= 15 is 0 Å². The number of carbonyl (C=O) groups is 2. The predicted molar refractivity (Wildman–Crippen MR) is 68.8 cm³/mol. The molecule has 6 heteroatoms. The second-order valence-corrected chi connectivity index (χ2v) is 5.06. The first-order valence-electron chi connectivity index (χ1n) is 5.64. The maximum atomic E-state index is 12.2. The summed E-state index contributed by atoms with van der Waals surface area (Å²) in [5.41, 5.74) is 0.391. The molecule has 0 aliphatic rings. The molecule has 0 aliphatic heterocycles. The van der Waals surface area contributed by atoms with Crippen molar-refractivity contribution in [2.24, 2.45) is 13.0 Å². The lowest BCUT2D eigenvalue weighted by molar-refractivity contribution is -0.137. The van der Waals surface area contributed by atoms with Crippen molar-refractivity contribution >= 4 is 23.5 Å². The van der Waals surface area contributed by atoms with Crippen LogP contribution in [-0.2, 0) is 11.8 Å². The lowest BCUT2D eigenvalue weighted by Gasteiger charge is -2.22. The second-order valence-electron chi connectivity index (χ2n) is 4.63. The van der Waals surface area contributed by atoms with E-state index in [0.717, 1.165) is 0 Å². The van der Waals surface area contributed by atoms with E-state index in [1.807, 2.05) is 13.8 Å². The quantitative estimate of drug-likeness (QED) is 0.890. The Labute approximate surface area is 111 Å². The molecule has 1 aromatic heterocycles. The van der Waals surface area contributed by atoms with Crippen molar-refractivity contribution in [2.75, 3.05) is 13.1 Å². The molecule has 0 radical (unpaired) electrons. The molecule has 0 unspecified atom stereocenters. The average molecular weight is 273 g/mol. The van der Waals surface area contributed by atoms with Crippen molar-refractivity contribution < 1.29 is 14.7 Å². The Balaban J connectivity index is 2.94. The van der Waals surface area contributed by atoms with Crippen molar-refractivity contribution in [3.8, 4) is 0 Å². The van der Waals surface area contributed by atoms with Crippen LogP contribution < -0.4 is 0 Å². The van der Waals surface area contributed by atoms with Gasteiger partial charge in [0.2, 0.25) is 0 Å². The van der Waals surface area contributed by atoms with Gasteiger partial charge in [0.1, 0.15) is 12.2 Å². The minimum atomic E-state index is -1.02. The molecule has 5 nitrogen and oxygen atoms in total. The van der Waals surface area contributed by atoms with Gasteiger partial charge in [0, 0.05) is 19.8 Å². The van der Waals surface area contributed by atoms with Crippen LogP contribution in [0.2, 0.25) is 5.02 Å². The topological polar surface area (TPSA) is 62.5 Å². The number of amides is 1. The number of carboxylic acid groups (broad SMARTS) is 1. The fourth-order valence-electron chi connectivity index (χ4n) is 1.72. The van der Waals surface area contributed by atoms with Crippen LogP contribution in [0.3, 0.4) is 0 Å². The van der Waals surface area contributed by atoms with Crippen LogP contribution in [0, 0.1) is 5.92 Å². The Morgan fingerprint density at radius 3 is 2.50 bits per heavy atom. The van der Waals surface area contributed by atoms with Crippen molar-refractivity contribution in [3.63, 3.8) is 0 Å². The van der Waals surface area contributed by atoms with Crippen LogP contribution in [0.1, 0.15) is 24.3 Å². The first-order valence-corrected chi connectivity index (χ1v) is 6.02. The summed E-state index contributed by atoms with van der Waals surface area (Å²) in [5.74, 6) is -1.14. The maximum Gasteiger partial charge on any atom is 0.323 e. The lowest BCUT2D eigenvalue weighted by Crippen LogP contribution is -2.39. The van der Waals surface area contributed by atoms with E-state index in [1.165, 1.54) is 4.90 Å². The number of hydrogen-bond acceptors (Lipinski definition) is 2. The molecule has 1 heterocycles. The molecule has 0 bridgehead atoms. The standard InChI is InChI=1S/C12H17ClN2O3/c1-8(2)5-15(7-11(16)17)12(18)10-4-9(13)6-14(10)3/h4,6,8H,5,7H2,1-3H3,(H,16,17). The van der Waals surface area contributed by atoms with Gasteiger partial charge in [-0.2, -0.15) is 0 Å². The number of carboxylic acids is 1. The van der Waals surface area contributed by atoms with Gasteiger partial charge in [-0.15, -0.1) is 0 Å². The highest BCUT2D eigenvalue weighted by Gasteiger charge is 2.22. The van der Waals surface area contributed by atoms with Gasteiger partial charge in [0.05, 0.1) is 5.02 Å². The monoisotopic (exact) mass is 272 g/mol. The summed E-state index contributed by atoms with van der Waals surface area (Å²) in [6, 6.07) is 1.54. The van der Waals surface area contributed by atoms with E-state index < -0.39 is 5.97 Å². The number of aliphatic carboxylic acids is 1. The van der Waals surface area contributed by atoms with E-state index in [1.54, 1.807) is 23.9 Å². The van der Waals surface area contributed by atoms with Crippen LogP contribution in [0.5, 0.6) is 0 Å². The Morgan fingerprint density at radius 1 is 1.50 bits per heavy atom. The van der Waals surface area contributed by atoms with Crippen LogP contribution in [0.25, 0.3) is 0 Å². The molecule has 1 rings (SSSR count). The van der Waals surface area contributed by atoms with Gasteiger partial charge in [-0.25, -0.2) is 0 Å². The first-order chi connectivity index (χ1) is 8.31. The molecular formula is C12H17ClN2O3. The van der Waals surface area contributed by atoms with Gasteiger partial charge < -0.3 is 14.6 Å². The van der Waals surface area contributed by atoms with E-state index in [0.29, 0.717) is 17.3 Å². The number of carbonyl (C=O) groups excluding carboxylic acids is 1. The van der Waals surface area contributed by atoms with Gasteiger partial charge in [-0.1, -0.05) is 25.4 Å². The molecule has 0 saturated carbocycles. The normalized spacial score (nSPS) is 10.7. The summed E-state index contributed by atoms with van der Waals surface area (Å²) in [6.07, 6.45) is 1.61. The van der Waals surface area contributed by atoms with Gasteiger partial charge in [-0.3, -0.25) is 9.59 Å². The number of rotatable bonds is 5. The smallest absolute Gasteiger partial charge is 0.323 e. The molecule has 0 aliphatic carbocycles. The molecule has 0 aromatic carbocycles. The molecule has 1 amide bonds. The lowest BCUT2D eigenvalue weighted by atomic mass is 10.2. The second kappa shape index (κ2) is 5.91. The number of nitrogens with zero attached hydrogens (tertiary/aromatic N) is 2. The fraction of sp³-hybridized carbons (Fsp3) is 0.500. The van der Waals surface area contributed by atoms with E-state index in [4.69, 9.17) is 16.7 Å². The third-order valence-electron chi connectivity index (χ3n) is 2.39. The summed E-state index contributed by atoms with van der Waals surface area (Å²) in [6.45, 7) is 3.95. The average Bonchev–Trinajstić information content (AvgIpc) is 2.54. The molecule has 0 fully saturated rings. The zero-order valence-electron chi connectivity index (χ0n) is 10.7. The van der Waals surface area contributed by atoms with E-state index in [2.05, 4.69) is 0 Å². The van der Waals surface area contributed by atoms with Crippen LogP contribution in [0.15, 0.2) is 12.3 Å². The maximum absolute atomic E-state index is 12.2. The van der Waals surface area contributed by atoms with Gasteiger partial charge in [0.25, 0.3) is 5.91 Å². The molecule has 0 atom stereocenters. The third kappa shape index (κ3) is 3.77. The number of hydrogen-bond donors (Lipinski definition) is 1. The Morgan fingerprint density at radius 2 is 2.11 bits per heavy atom. The van der Waals surface area contributed by atoms with Gasteiger partial charge in [0.15, 0.2) is 0 Å². The number of halogens is 1. The summed E-state index contributed by atoms with van der Waals surface area (Å²) >= 11 is 5.82. The molecule has 0 spiro atoms. The Bertz CT molecular complexity index is 454. The highest BCUT2D eigenvalue weighted by Crippen LogP contribution is 2.15. The molecule has 1 aromatic rings. The zero-order valence-corrected chi connectivity index (χ0v) is 11.4. The van der Waals surface area contributed by atoms with E-state index in [-0.39, 0.29) is 18.4 Å². The van der Waals surface area contributed by atoms with Crippen molar-refractivity contribution in [1.82, 2.24) is 9.47 Å². The van der Waals surface area contributed by atoms with Gasteiger partial charge >= 0.3 is 5.97 Å². The minimum absolute atomic E-state index is 0.198. The number of aryl methyl sites for hydroxylation is 1. The van der Waals surface area contributed by atoms with Crippen LogP contribution >= 0.6 is 11.6 Å². The van der Waals surface area contributed by atoms with Crippen LogP contribution in [0.4, 0.5) is 0 Å². The minimum Gasteiger partial charge on any atom is -0.480 e. The summed E-state index contributed by atoms with van der Waals surface area (Å²) < 4.78 is 1.60. The third-order valence-corrected chi connectivity index (χ3v) is 2.60. The first kappa shape index (κ1) is 14.6. The van der Waals surface area contributed by atoms with Gasteiger partial charge in [-0.05, 0) is 12.0 Å². The Hall–Kier alpha value is -1.49. The zero-order chi connectivity index (χ0) is 13.9. The molecule has 18 heavy (non-hydrogen) atoms. The van der Waals surface area contributed by atoms with E-state index in [9.17, 15) is 9.59 Å². The molecule has 0 saturated heterocycles. The summed E-state index contributed by atoms with van der Waals surface area (Å²) in [4.78, 5) is 24.3. The molecular weight excluding hydrogens is 256 g/mol. The molecule has 100 valence electrons. The fourth-order valence-corrected chi connectivity index (χ4v) is 1.97. The predicted octanol–water partition coefficient (Wildman–Crippen LogP) is 1.86. The molecule has 1 N–H and O–H groups in total.